The first kappa shape index (κ1) is 14.0. The van der Waals surface area contributed by atoms with Crippen LogP contribution in [0.5, 0.6) is 5.75 Å². The molecule has 1 aromatic carbocycles. The fourth-order valence-electron chi connectivity index (χ4n) is 1.56. The third-order valence-electron chi connectivity index (χ3n) is 2.51. The highest BCUT2D eigenvalue weighted by Gasteiger charge is 2.11. The van der Waals surface area contributed by atoms with Crippen LogP contribution in [0, 0.1) is 6.92 Å². The predicted octanol–water partition coefficient (Wildman–Crippen LogP) is 3.15. The third-order valence-corrected chi connectivity index (χ3v) is 4.03. The Morgan fingerprint density at radius 1 is 1.53 bits per heavy atom. The summed E-state index contributed by atoms with van der Waals surface area (Å²) in [6, 6.07) is 5.29. The van der Waals surface area contributed by atoms with Gasteiger partial charge in [-0.1, -0.05) is 0 Å². The molecule has 19 heavy (non-hydrogen) atoms. The second kappa shape index (κ2) is 6.16. The number of ether oxygens (including phenoxy) is 1. The fraction of sp³-hybridized carbons (Fsp3) is 0.231. The van der Waals surface area contributed by atoms with E-state index in [2.05, 4.69) is 26.2 Å². The number of hydrogen-bond acceptors (Lipinski definition) is 4. The number of carbonyl (C=O) groups is 1. The molecule has 6 heteroatoms. The number of aromatic nitrogens is 1. The number of rotatable bonds is 4. The molecule has 4 nitrogen and oxygen atoms in total. The molecule has 0 spiro atoms. The number of nitrogens with zero attached hydrogens (tertiary/aromatic N) is 1. The van der Waals surface area contributed by atoms with E-state index in [1.165, 1.54) is 0 Å². The van der Waals surface area contributed by atoms with Gasteiger partial charge in [0.25, 0.3) is 5.91 Å². The van der Waals surface area contributed by atoms with Crippen molar-refractivity contribution in [2.24, 2.45) is 0 Å². The van der Waals surface area contributed by atoms with Crippen LogP contribution < -0.4 is 10.1 Å². The lowest BCUT2D eigenvalue weighted by molar-refractivity contribution is 0.0949. The molecule has 0 fully saturated rings. The molecular formula is C13H13BrN2O2S. The molecular weight excluding hydrogens is 328 g/mol. The van der Waals surface area contributed by atoms with Crippen molar-refractivity contribution >= 4 is 33.2 Å². The maximum atomic E-state index is 12.1. The van der Waals surface area contributed by atoms with E-state index >= 15 is 0 Å². The van der Waals surface area contributed by atoms with Crippen molar-refractivity contribution in [2.75, 3.05) is 7.11 Å². The second-order valence-corrected chi connectivity index (χ2v) is 5.80. The first-order chi connectivity index (χ1) is 9.10. The van der Waals surface area contributed by atoms with Crippen molar-refractivity contribution < 1.29 is 9.53 Å². The molecule has 2 aromatic rings. The standard InChI is InChI=1S/C13H13BrN2O2S/c1-8-16-9(7-19-8)6-15-13(17)11-5-10(18-2)3-4-12(11)14/h3-5,7H,6H2,1-2H3,(H,15,17). The molecule has 100 valence electrons. The Labute approximate surface area is 124 Å². The van der Waals surface area contributed by atoms with Crippen molar-refractivity contribution in [2.45, 2.75) is 13.5 Å². The van der Waals surface area contributed by atoms with E-state index in [0.29, 0.717) is 17.9 Å². The van der Waals surface area contributed by atoms with Gasteiger partial charge in [0.15, 0.2) is 0 Å². The van der Waals surface area contributed by atoms with Gasteiger partial charge in [0.1, 0.15) is 5.75 Å². The predicted molar refractivity (Wildman–Crippen MR) is 78.7 cm³/mol. The zero-order valence-electron chi connectivity index (χ0n) is 10.6. The van der Waals surface area contributed by atoms with Gasteiger partial charge in [-0.25, -0.2) is 4.98 Å². The molecule has 0 saturated carbocycles. The summed E-state index contributed by atoms with van der Waals surface area (Å²) >= 11 is 4.93. The Morgan fingerprint density at radius 2 is 2.32 bits per heavy atom. The summed E-state index contributed by atoms with van der Waals surface area (Å²) in [5.74, 6) is 0.495. The molecule has 0 aliphatic rings. The van der Waals surface area contributed by atoms with Crippen molar-refractivity contribution in [3.05, 3.63) is 44.3 Å². The SMILES string of the molecule is COc1ccc(Br)c(C(=O)NCc2csc(C)n2)c1. The highest BCUT2D eigenvalue weighted by atomic mass is 79.9. The Balaban J connectivity index is 2.07. The van der Waals surface area contributed by atoms with Crippen LogP contribution >= 0.6 is 27.3 Å². The zero-order valence-corrected chi connectivity index (χ0v) is 13.0. The van der Waals surface area contributed by atoms with Gasteiger partial charge < -0.3 is 10.1 Å². The number of carbonyl (C=O) groups excluding carboxylic acids is 1. The number of benzene rings is 1. The van der Waals surface area contributed by atoms with E-state index in [1.54, 1.807) is 36.6 Å². The Kier molecular flexibility index (Phi) is 4.55. The van der Waals surface area contributed by atoms with Crippen LogP contribution in [0.4, 0.5) is 0 Å². The molecule has 0 aliphatic heterocycles. The van der Waals surface area contributed by atoms with Crippen LogP contribution in [0.1, 0.15) is 21.1 Å². The molecule has 0 bridgehead atoms. The summed E-state index contributed by atoms with van der Waals surface area (Å²) < 4.78 is 5.85. The second-order valence-electron chi connectivity index (χ2n) is 3.89. The van der Waals surface area contributed by atoms with Crippen LogP contribution in [0.15, 0.2) is 28.1 Å². The molecule has 1 amide bonds. The number of aryl methyl sites for hydroxylation is 1. The Morgan fingerprint density at radius 3 is 2.95 bits per heavy atom. The number of hydrogen-bond donors (Lipinski definition) is 1. The normalized spacial score (nSPS) is 10.3. The van der Waals surface area contributed by atoms with Crippen LogP contribution in [-0.4, -0.2) is 18.0 Å². The first-order valence-electron chi connectivity index (χ1n) is 5.63. The highest BCUT2D eigenvalue weighted by molar-refractivity contribution is 9.10. The molecule has 1 N–H and O–H groups in total. The molecule has 0 atom stereocenters. The van der Waals surface area contributed by atoms with Gasteiger partial charge in [-0.3, -0.25) is 4.79 Å². The van der Waals surface area contributed by atoms with Gasteiger partial charge >= 0.3 is 0 Å². The first-order valence-corrected chi connectivity index (χ1v) is 7.30. The van der Waals surface area contributed by atoms with Gasteiger partial charge in [-0.2, -0.15) is 0 Å². The molecule has 2 rings (SSSR count). The van der Waals surface area contributed by atoms with E-state index < -0.39 is 0 Å². The monoisotopic (exact) mass is 340 g/mol. The van der Waals surface area contributed by atoms with Crippen LogP contribution in [-0.2, 0) is 6.54 Å². The average molecular weight is 341 g/mol. The zero-order chi connectivity index (χ0) is 13.8. The van der Waals surface area contributed by atoms with E-state index in [0.717, 1.165) is 15.2 Å². The van der Waals surface area contributed by atoms with Crippen LogP contribution in [0.2, 0.25) is 0 Å². The van der Waals surface area contributed by atoms with E-state index in [1.807, 2.05) is 12.3 Å². The van der Waals surface area contributed by atoms with E-state index in [4.69, 9.17) is 4.74 Å². The number of nitrogens with one attached hydrogen (secondary N) is 1. The molecule has 1 heterocycles. The minimum atomic E-state index is -0.156. The van der Waals surface area contributed by atoms with Gasteiger partial charge in [0.2, 0.25) is 0 Å². The van der Waals surface area contributed by atoms with Gasteiger partial charge in [0.05, 0.1) is 29.9 Å². The summed E-state index contributed by atoms with van der Waals surface area (Å²) in [7, 11) is 1.57. The maximum Gasteiger partial charge on any atom is 0.252 e. The molecule has 0 aliphatic carbocycles. The Bertz CT molecular complexity index is 598. The lowest BCUT2D eigenvalue weighted by atomic mass is 10.2. The fourth-order valence-corrected chi connectivity index (χ4v) is 2.60. The number of halogens is 1. The molecule has 0 unspecified atom stereocenters. The summed E-state index contributed by atoms with van der Waals surface area (Å²) in [6.45, 7) is 2.36. The molecule has 0 saturated heterocycles. The van der Waals surface area contributed by atoms with Gasteiger partial charge in [-0.05, 0) is 41.1 Å². The largest absolute Gasteiger partial charge is 0.497 e. The minimum absolute atomic E-state index is 0.156. The van der Waals surface area contributed by atoms with Crippen LogP contribution in [0.3, 0.4) is 0 Å². The summed E-state index contributed by atoms with van der Waals surface area (Å²) in [5, 5.41) is 5.77. The summed E-state index contributed by atoms with van der Waals surface area (Å²) in [6.07, 6.45) is 0. The van der Waals surface area contributed by atoms with Crippen molar-refractivity contribution in [3.63, 3.8) is 0 Å². The van der Waals surface area contributed by atoms with Crippen LogP contribution in [0.25, 0.3) is 0 Å². The van der Waals surface area contributed by atoms with Gasteiger partial charge in [0, 0.05) is 9.85 Å². The van der Waals surface area contributed by atoms with Crippen molar-refractivity contribution in [1.29, 1.82) is 0 Å². The lowest BCUT2D eigenvalue weighted by Crippen LogP contribution is -2.23. The lowest BCUT2D eigenvalue weighted by Gasteiger charge is -2.07. The minimum Gasteiger partial charge on any atom is -0.497 e. The van der Waals surface area contributed by atoms with E-state index in [-0.39, 0.29) is 5.91 Å². The highest BCUT2D eigenvalue weighted by Crippen LogP contribution is 2.22. The third kappa shape index (κ3) is 3.54. The average Bonchev–Trinajstić information content (AvgIpc) is 2.82. The molecule has 1 aromatic heterocycles. The topological polar surface area (TPSA) is 51.2 Å². The van der Waals surface area contributed by atoms with Crippen molar-refractivity contribution in [3.8, 4) is 5.75 Å². The number of thiazole rings is 1. The van der Waals surface area contributed by atoms with Gasteiger partial charge in [-0.15, -0.1) is 11.3 Å². The van der Waals surface area contributed by atoms with E-state index in [9.17, 15) is 4.79 Å². The smallest absolute Gasteiger partial charge is 0.252 e. The molecule has 0 radical (unpaired) electrons. The maximum absolute atomic E-state index is 12.1. The quantitative estimate of drug-likeness (QED) is 0.929. The number of methoxy groups -OCH3 is 1. The Hall–Kier alpha value is -1.40. The summed E-state index contributed by atoms with van der Waals surface area (Å²) in [5.41, 5.74) is 1.42. The number of amides is 1. The summed E-state index contributed by atoms with van der Waals surface area (Å²) in [4.78, 5) is 16.4. The van der Waals surface area contributed by atoms with Crippen molar-refractivity contribution in [1.82, 2.24) is 10.3 Å².